The van der Waals surface area contributed by atoms with Crippen LogP contribution in [0.2, 0.25) is 0 Å². The number of carbonyl (C=O) groups is 2. The number of rotatable bonds is 9. The number of amides is 1. The van der Waals surface area contributed by atoms with Gasteiger partial charge in [0.1, 0.15) is 11.3 Å². The smallest absolute Gasteiger partial charge is 0.303 e. The molecule has 3 fully saturated rings. The molecular weight excluding hydrogens is 434 g/mol. The van der Waals surface area contributed by atoms with Gasteiger partial charge in [0, 0.05) is 19.3 Å². The summed E-state index contributed by atoms with van der Waals surface area (Å²) in [5.41, 5.74) is 2.13. The summed E-state index contributed by atoms with van der Waals surface area (Å²) in [7, 11) is 0. The fraction of sp³-hybridized carbons (Fsp3) is 0.871. The monoisotopic (exact) mass is 484 g/mol. The van der Waals surface area contributed by atoms with Crippen LogP contribution in [0.15, 0.2) is 11.6 Å². The molecular formula is C31H50NO3+. The number of hydrogen-bond donors (Lipinski definition) is 0. The van der Waals surface area contributed by atoms with Crippen LogP contribution in [-0.4, -0.2) is 18.2 Å². The van der Waals surface area contributed by atoms with Crippen molar-refractivity contribution in [3.63, 3.8) is 0 Å². The largest absolute Gasteiger partial charge is 0.401 e. The zero-order chi connectivity index (χ0) is 25.4. The number of hydroxylamine groups is 2. The third-order valence-electron chi connectivity index (χ3n) is 11.3. The molecule has 4 aliphatic carbocycles. The minimum atomic E-state index is -0.423. The highest BCUT2D eigenvalue weighted by Crippen LogP contribution is 2.67. The summed E-state index contributed by atoms with van der Waals surface area (Å²) in [5.74, 6) is 4.44. The van der Waals surface area contributed by atoms with E-state index in [0.717, 1.165) is 67.5 Å². The van der Waals surface area contributed by atoms with Crippen molar-refractivity contribution in [1.29, 1.82) is 0 Å². The summed E-state index contributed by atoms with van der Waals surface area (Å²) in [4.78, 5) is 22.9. The molecule has 35 heavy (non-hydrogen) atoms. The molecule has 0 heterocycles. The Hall–Kier alpha value is -1.00. The quantitative estimate of drug-likeness (QED) is 0.148. The van der Waals surface area contributed by atoms with E-state index in [0.29, 0.717) is 10.5 Å². The molecule has 0 N–H and O–H groups in total. The molecule has 4 rings (SSSR count). The Kier molecular flexibility index (Phi) is 8.33. The molecule has 2 radical (unpaired) electrons. The summed E-state index contributed by atoms with van der Waals surface area (Å²) in [6.07, 6.45) is 16.7. The Morgan fingerprint density at radius 3 is 2.57 bits per heavy atom. The normalized spacial score (nSPS) is 39.5. The highest BCUT2D eigenvalue weighted by molar-refractivity contribution is 5.79. The van der Waals surface area contributed by atoms with Crippen LogP contribution < -0.4 is 5.06 Å². The molecule has 0 aliphatic heterocycles. The zero-order valence-electron chi connectivity index (χ0n) is 23.1. The lowest BCUT2D eigenvalue weighted by Crippen LogP contribution is -2.53. The van der Waals surface area contributed by atoms with Crippen molar-refractivity contribution in [1.82, 2.24) is 5.06 Å². The molecule has 3 unspecified atom stereocenters. The number of carbonyl (C=O) groups excluding carboxylic acids is 2. The van der Waals surface area contributed by atoms with Crippen molar-refractivity contribution in [3.05, 3.63) is 11.6 Å². The molecule has 8 atom stereocenters. The second kappa shape index (κ2) is 10.8. The fourth-order valence-corrected chi connectivity index (χ4v) is 9.36. The van der Waals surface area contributed by atoms with Gasteiger partial charge in [0.2, 0.25) is 0 Å². The Bertz CT molecular complexity index is 805. The molecule has 4 nitrogen and oxygen atoms in total. The molecule has 196 valence electrons. The van der Waals surface area contributed by atoms with Gasteiger partial charge in [-0.2, -0.15) is 0 Å². The van der Waals surface area contributed by atoms with Crippen LogP contribution in [-0.2, 0) is 14.8 Å². The van der Waals surface area contributed by atoms with Crippen LogP contribution in [0, 0.1) is 46.3 Å². The van der Waals surface area contributed by atoms with E-state index in [9.17, 15) is 14.8 Å². The van der Waals surface area contributed by atoms with E-state index < -0.39 is 5.91 Å². The highest BCUT2D eigenvalue weighted by atomic mass is 16.5. The molecule has 0 bridgehead atoms. The van der Waals surface area contributed by atoms with E-state index in [1.165, 1.54) is 50.5 Å². The summed E-state index contributed by atoms with van der Waals surface area (Å²) < 4.78 is 0. The summed E-state index contributed by atoms with van der Waals surface area (Å²) in [6, 6.07) is -0.249. The van der Waals surface area contributed by atoms with Crippen LogP contribution in [0.1, 0.15) is 118 Å². The van der Waals surface area contributed by atoms with Crippen molar-refractivity contribution < 1.29 is 14.8 Å². The van der Waals surface area contributed by atoms with Crippen LogP contribution in [0.3, 0.4) is 0 Å². The number of fused-ring (bicyclic) bond motifs is 5. The molecule has 4 aliphatic rings. The molecule has 0 aromatic rings. The average molecular weight is 485 g/mol. The van der Waals surface area contributed by atoms with E-state index >= 15 is 0 Å². The standard InChI is InChI=1S/C31H50NO3/c1-21(2)8-6-9-22(3)26-13-14-27-25-12-11-23-20-24(32(35)29(34)10-7-19-33)15-17-30(23,4)28(25)16-18-31(26,27)5/h11,19,21-22,24-28H,6-10,12-18,20H2,1-5H3/q+1/t22-,24+,25?,26-,27?,28?,30+,31-/m1/s1. The summed E-state index contributed by atoms with van der Waals surface area (Å²) in [6.45, 7) is 12.3. The summed E-state index contributed by atoms with van der Waals surface area (Å²) >= 11 is 0. The van der Waals surface area contributed by atoms with Gasteiger partial charge in [-0.15, -0.1) is 0 Å². The van der Waals surface area contributed by atoms with Crippen molar-refractivity contribution in [2.45, 2.75) is 124 Å². The Morgan fingerprint density at radius 2 is 1.86 bits per heavy atom. The van der Waals surface area contributed by atoms with Crippen LogP contribution in [0.5, 0.6) is 0 Å². The highest BCUT2D eigenvalue weighted by Gasteiger charge is 2.60. The lowest BCUT2D eigenvalue weighted by atomic mass is 9.47. The van der Waals surface area contributed by atoms with Crippen LogP contribution >= 0.6 is 0 Å². The Morgan fingerprint density at radius 1 is 1.09 bits per heavy atom. The first-order valence-electron chi connectivity index (χ1n) is 14.7. The number of hydrogen-bond acceptors (Lipinski definition) is 2. The first kappa shape index (κ1) is 27.0. The van der Waals surface area contributed by atoms with Crippen molar-refractivity contribution in [2.24, 2.45) is 46.3 Å². The van der Waals surface area contributed by atoms with Crippen molar-refractivity contribution >= 4 is 12.2 Å². The van der Waals surface area contributed by atoms with Gasteiger partial charge in [-0.25, -0.2) is 4.79 Å². The van der Waals surface area contributed by atoms with Gasteiger partial charge in [0.25, 0.3) is 0 Å². The predicted molar refractivity (Wildman–Crippen MR) is 140 cm³/mol. The Balaban J connectivity index is 1.44. The second-order valence-corrected chi connectivity index (χ2v) is 13.6. The number of nitrogens with zero attached hydrogens (tertiary/aromatic N) is 1. The first-order valence-corrected chi connectivity index (χ1v) is 14.7. The SMILES string of the molecule is CC(C)CCC[C@@H](C)[C@H]1CCC2C3CC=C4C[C@@H]([N+]([O])C(=O)CCC=O)CC[C@]4(C)C3CC[C@@]21C. The summed E-state index contributed by atoms with van der Waals surface area (Å²) in [5, 5.41) is 13.4. The van der Waals surface area contributed by atoms with Gasteiger partial charge in [0.15, 0.2) is 6.04 Å². The van der Waals surface area contributed by atoms with Gasteiger partial charge in [-0.3, -0.25) is 0 Å². The zero-order valence-corrected chi connectivity index (χ0v) is 23.1. The van der Waals surface area contributed by atoms with E-state index in [2.05, 4.69) is 40.7 Å². The van der Waals surface area contributed by atoms with Crippen LogP contribution in [0.25, 0.3) is 0 Å². The molecule has 0 aromatic carbocycles. The average Bonchev–Trinajstić information content (AvgIpc) is 3.18. The third-order valence-corrected chi connectivity index (χ3v) is 11.3. The molecule has 0 spiro atoms. The van der Waals surface area contributed by atoms with E-state index in [1.807, 2.05) is 0 Å². The molecule has 4 heteroatoms. The molecule has 1 amide bonds. The van der Waals surface area contributed by atoms with Gasteiger partial charge in [-0.05, 0) is 84.9 Å². The van der Waals surface area contributed by atoms with Crippen molar-refractivity contribution in [2.75, 3.05) is 0 Å². The first-order chi connectivity index (χ1) is 16.6. The number of aldehydes is 1. The molecule has 3 saturated carbocycles. The predicted octanol–water partition coefficient (Wildman–Crippen LogP) is 7.39. The maximum atomic E-state index is 12.7. The molecule has 0 saturated heterocycles. The third kappa shape index (κ3) is 5.08. The maximum absolute atomic E-state index is 12.7. The van der Waals surface area contributed by atoms with Gasteiger partial charge in [0.05, 0.1) is 11.6 Å². The van der Waals surface area contributed by atoms with Gasteiger partial charge < -0.3 is 4.79 Å². The fourth-order valence-electron chi connectivity index (χ4n) is 9.36. The van der Waals surface area contributed by atoms with Gasteiger partial charge >= 0.3 is 5.91 Å². The topological polar surface area (TPSA) is 59.9 Å². The maximum Gasteiger partial charge on any atom is 0.401 e. The van der Waals surface area contributed by atoms with E-state index in [-0.39, 0.29) is 24.3 Å². The lowest BCUT2D eigenvalue weighted by molar-refractivity contribution is -0.164. The van der Waals surface area contributed by atoms with E-state index in [4.69, 9.17) is 0 Å². The van der Waals surface area contributed by atoms with Crippen molar-refractivity contribution in [3.8, 4) is 0 Å². The van der Waals surface area contributed by atoms with Gasteiger partial charge in [-0.1, -0.05) is 65.5 Å². The Labute approximate surface area is 214 Å². The lowest BCUT2D eigenvalue weighted by Gasteiger charge is -2.58. The minimum absolute atomic E-state index is 0.0435. The molecule has 0 aromatic heterocycles. The van der Waals surface area contributed by atoms with Crippen LogP contribution in [0.4, 0.5) is 0 Å². The van der Waals surface area contributed by atoms with E-state index in [1.54, 1.807) is 0 Å². The second-order valence-electron chi connectivity index (χ2n) is 13.6. The number of allylic oxidation sites excluding steroid dienone is 1. The minimum Gasteiger partial charge on any atom is -0.303 e.